The molecule has 5 nitrogen and oxygen atoms in total. The second kappa shape index (κ2) is 5.56. The first-order chi connectivity index (χ1) is 9.15. The SMILES string of the molecule is CCOc1ccc(-c2nc(C(=O)OC)c(C)[nH]2)cc1. The van der Waals surface area contributed by atoms with Gasteiger partial charge in [0.1, 0.15) is 11.6 Å². The number of hydrogen-bond donors (Lipinski definition) is 1. The van der Waals surface area contributed by atoms with Crippen molar-refractivity contribution in [1.29, 1.82) is 0 Å². The van der Waals surface area contributed by atoms with Crippen LogP contribution >= 0.6 is 0 Å². The van der Waals surface area contributed by atoms with E-state index in [1.807, 2.05) is 31.2 Å². The minimum absolute atomic E-state index is 0.311. The maximum absolute atomic E-state index is 11.5. The zero-order valence-corrected chi connectivity index (χ0v) is 11.2. The summed E-state index contributed by atoms with van der Waals surface area (Å²) in [6, 6.07) is 7.53. The third kappa shape index (κ3) is 2.76. The molecule has 0 saturated heterocycles. The Labute approximate surface area is 111 Å². The van der Waals surface area contributed by atoms with Crippen LogP contribution < -0.4 is 4.74 Å². The van der Waals surface area contributed by atoms with Crippen LogP contribution in [-0.4, -0.2) is 29.7 Å². The van der Waals surface area contributed by atoms with Gasteiger partial charge in [0.05, 0.1) is 13.7 Å². The largest absolute Gasteiger partial charge is 0.494 e. The first-order valence-corrected chi connectivity index (χ1v) is 6.03. The van der Waals surface area contributed by atoms with Crippen LogP contribution in [0.2, 0.25) is 0 Å². The number of imidazole rings is 1. The van der Waals surface area contributed by atoms with Gasteiger partial charge in [0.25, 0.3) is 0 Å². The number of methoxy groups -OCH3 is 1. The molecule has 19 heavy (non-hydrogen) atoms. The molecule has 1 N–H and O–H groups in total. The van der Waals surface area contributed by atoms with Crippen molar-refractivity contribution >= 4 is 5.97 Å². The third-order valence-corrected chi connectivity index (χ3v) is 2.70. The smallest absolute Gasteiger partial charge is 0.358 e. The molecule has 0 amide bonds. The molecule has 0 bridgehead atoms. The minimum Gasteiger partial charge on any atom is -0.494 e. The Morgan fingerprint density at radius 2 is 2.00 bits per heavy atom. The van der Waals surface area contributed by atoms with Gasteiger partial charge in [0.2, 0.25) is 0 Å². The number of ether oxygens (including phenoxy) is 2. The van der Waals surface area contributed by atoms with E-state index < -0.39 is 5.97 Å². The molecule has 1 aromatic carbocycles. The number of carbonyl (C=O) groups excluding carboxylic acids is 1. The number of nitrogens with zero attached hydrogens (tertiary/aromatic N) is 1. The molecule has 5 heteroatoms. The number of rotatable bonds is 4. The van der Waals surface area contributed by atoms with Gasteiger partial charge in [-0.3, -0.25) is 0 Å². The summed E-state index contributed by atoms with van der Waals surface area (Å²) in [6.07, 6.45) is 0. The van der Waals surface area contributed by atoms with Crippen molar-refractivity contribution in [2.75, 3.05) is 13.7 Å². The molecular weight excluding hydrogens is 244 g/mol. The molecule has 0 radical (unpaired) electrons. The zero-order chi connectivity index (χ0) is 13.8. The normalized spacial score (nSPS) is 10.3. The Morgan fingerprint density at radius 1 is 1.32 bits per heavy atom. The maximum Gasteiger partial charge on any atom is 0.358 e. The van der Waals surface area contributed by atoms with E-state index in [1.54, 1.807) is 6.92 Å². The van der Waals surface area contributed by atoms with Gasteiger partial charge in [-0.05, 0) is 38.1 Å². The highest BCUT2D eigenvalue weighted by atomic mass is 16.5. The summed E-state index contributed by atoms with van der Waals surface area (Å²) in [7, 11) is 1.34. The molecule has 100 valence electrons. The van der Waals surface area contributed by atoms with Gasteiger partial charge in [0, 0.05) is 11.3 Å². The Bertz CT molecular complexity index is 573. The van der Waals surface area contributed by atoms with Gasteiger partial charge in [-0.1, -0.05) is 0 Å². The van der Waals surface area contributed by atoms with Crippen LogP contribution in [-0.2, 0) is 4.74 Å². The van der Waals surface area contributed by atoms with E-state index in [4.69, 9.17) is 4.74 Å². The first kappa shape index (κ1) is 13.1. The second-order valence-corrected chi connectivity index (χ2v) is 4.01. The molecule has 1 heterocycles. The van der Waals surface area contributed by atoms with Gasteiger partial charge >= 0.3 is 5.97 Å². The molecule has 0 aliphatic rings. The first-order valence-electron chi connectivity index (χ1n) is 6.03. The van der Waals surface area contributed by atoms with Crippen LogP contribution in [0.15, 0.2) is 24.3 Å². The lowest BCUT2D eigenvalue weighted by molar-refractivity contribution is 0.0594. The number of benzene rings is 1. The lowest BCUT2D eigenvalue weighted by atomic mass is 10.2. The van der Waals surface area contributed by atoms with Crippen LogP contribution in [0.4, 0.5) is 0 Å². The van der Waals surface area contributed by atoms with Crippen molar-refractivity contribution in [1.82, 2.24) is 9.97 Å². The fraction of sp³-hybridized carbons (Fsp3) is 0.286. The number of nitrogens with one attached hydrogen (secondary N) is 1. The van der Waals surface area contributed by atoms with Crippen LogP contribution in [0.5, 0.6) is 5.75 Å². The van der Waals surface area contributed by atoms with Gasteiger partial charge in [-0.15, -0.1) is 0 Å². The van der Waals surface area contributed by atoms with Gasteiger partial charge in [-0.2, -0.15) is 0 Å². The van der Waals surface area contributed by atoms with Crippen molar-refractivity contribution < 1.29 is 14.3 Å². The average molecular weight is 260 g/mol. The minimum atomic E-state index is -0.439. The predicted octanol–water partition coefficient (Wildman–Crippen LogP) is 2.57. The summed E-state index contributed by atoms with van der Waals surface area (Å²) in [5.41, 5.74) is 1.89. The van der Waals surface area contributed by atoms with E-state index in [1.165, 1.54) is 7.11 Å². The Morgan fingerprint density at radius 3 is 2.58 bits per heavy atom. The summed E-state index contributed by atoms with van der Waals surface area (Å²) in [5, 5.41) is 0. The summed E-state index contributed by atoms with van der Waals surface area (Å²) < 4.78 is 10.1. The van der Waals surface area contributed by atoms with Crippen molar-refractivity contribution in [3.05, 3.63) is 35.7 Å². The molecular formula is C14H16N2O3. The molecule has 0 spiro atoms. The Balaban J connectivity index is 2.29. The van der Waals surface area contributed by atoms with Crippen molar-refractivity contribution in [2.24, 2.45) is 0 Å². The molecule has 0 saturated carbocycles. The van der Waals surface area contributed by atoms with Gasteiger partial charge in [0.15, 0.2) is 5.69 Å². The highest BCUT2D eigenvalue weighted by molar-refractivity contribution is 5.89. The zero-order valence-electron chi connectivity index (χ0n) is 11.2. The van der Waals surface area contributed by atoms with E-state index in [9.17, 15) is 4.79 Å². The van der Waals surface area contributed by atoms with Crippen LogP contribution in [0.1, 0.15) is 23.1 Å². The summed E-state index contributed by atoms with van der Waals surface area (Å²) >= 11 is 0. The highest BCUT2D eigenvalue weighted by Gasteiger charge is 2.15. The van der Waals surface area contributed by atoms with Crippen molar-refractivity contribution in [2.45, 2.75) is 13.8 Å². The number of aromatic nitrogens is 2. The summed E-state index contributed by atoms with van der Waals surface area (Å²) in [5.74, 6) is 1.01. The molecule has 0 fully saturated rings. The standard InChI is InChI=1S/C14H16N2O3/c1-4-19-11-7-5-10(6-8-11)13-15-9(2)12(16-13)14(17)18-3/h5-8H,4H2,1-3H3,(H,15,16). The number of aromatic amines is 1. The average Bonchev–Trinajstić information content (AvgIpc) is 2.81. The number of hydrogen-bond acceptors (Lipinski definition) is 4. The second-order valence-electron chi connectivity index (χ2n) is 4.01. The molecule has 2 aromatic rings. The molecule has 1 aromatic heterocycles. The predicted molar refractivity (Wildman–Crippen MR) is 71.3 cm³/mol. The molecule has 0 aliphatic heterocycles. The van der Waals surface area contributed by atoms with Crippen LogP contribution in [0.25, 0.3) is 11.4 Å². The van der Waals surface area contributed by atoms with Gasteiger partial charge < -0.3 is 14.5 Å². The van der Waals surface area contributed by atoms with E-state index in [-0.39, 0.29) is 0 Å². The van der Waals surface area contributed by atoms with E-state index in [0.29, 0.717) is 23.8 Å². The molecule has 0 unspecified atom stereocenters. The van der Waals surface area contributed by atoms with E-state index in [0.717, 1.165) is 11.3 Å². The van der Waals surface area contributed by atoms with Crippen LogP contribution in [0.3, 0.4) is 0 Å². The van der Waals surface area contributed by atoms with Gasteiger partial charge in [-0.25, -0.2) is 9.78 Å². The fourth-order valence-corrected chi connectivity index (χ4v) is 1.77. The lowest BCUT2D eigenvalue weighted by Crippen LogP contribution is -2.03. The summed E-state index contributed by atoms with van der Waals surface area (Å²) in [4.78, 5) is 18.8. The number of esters is 1. The highest BCUT2D eigenvalue weighted by Crippen LogP contribution is 2.21. The Hall–Kier alpha value is -2.30. The lowest BCUT2D eigenvalue weighted by Gasteiger charge is -2.03. The number of H-pyrrole nitrogens is 1. The molecule has 2 rings (SSSR count). The Kier molecular flexibility index (Phi) is 3.85. The molecule has 0 atom stereocenters. The summed E-state index contributed by atoms with van der Waals surface area (Å²) in [6.45, 7) is 4.36. The number of carbonyl (C=O) groups is 1. The van der Waals surface area contributed by atoms with Crippen molar-refractivity contribution in [3.8, 4) is 17.1 Å². The van der Waals surface area contributed by atoms with E-state index >= 15 is 0 Å². The maximum atomic E-state index is 11.5. The van der Waals surface area contributed by atoms with Crippen LogP contribution in [0, 0.1) is 6.92 Å². The third-order valence-electron chi connectivity index (χ3n) is 2.70. The number of aryl methyl sites for hydroxylation is 1. The fourth-order valence-electron chi connectivity index (χ4n) is 1.77. The van der Waals surface area contributed by atoms with E-state index in [2.05, 4.69) is 14.7 Å². The van der Waals surface area contributed by atoms with Crippen molar-refractivity contribution in [3.63, 3.8) is 0 Å². The topological polar surface area (TPSA) is 64.2 Å². The molecule has 0 aliphatic carbocycles. The quantitative estimate of drug-likeness (QED) is 0.858. The monoisotopic (exact) mass is 260 g/mol.